The second-order valence-electron chi connectivity index (χ2n) is 6.52. The fourth-order valence-corrected chi connectivity index (χ4v) is 6.01. The average Bonchev–Trinajstić information content (AvgIpc) is 3.11. The molecule has 0 aliphatic heterocycles. The van der Waals surface area contributed by atoms with Crippen molar-refractivity contribution in [1.29, 1.82) is 0 Å². The Bertz CT molecular complexity index is 941. The molecule has 0 fully saturated rings. The smallest absolute Gasteiger partial charge is 0.198 e. The first kappa shape index (κ1) is 16.4. The molecule has 0 bridgehead atoms. The molecule has 0 unspecified atom stereocenters. The van der Waals surface area contributed by atoms with Gasteiger partial charge in [-0.25, -0.2) is 9.38 Å². The zero-order chi connectivity index (χ0) is 16.8. The Morgan fingerprint density at radius 1 is 1.38 bits per heavy atom. The van der Waals surface area contributed by atoms with Crippen LogP contribution in [0.2, 0.25) is 0 Å². The van der Waals surface area contributed by atoms with Gasteiger partial charge in [0.05, 0.1) is 5.39 Å². The van der Waals surface area contributed by atoms with Gasteiger partial charge in [0.25, 0.3) is 0 Å². The Morgan fingerprint density at radius 3 is 2.96 bits per heavy atom. The van der Waals surface area contributed by atoms with Crippen molar-refractivity contribution in [2.75, 3.05) is 12.0 Å². The highest BCUT2D eigenvalue weighted by Gasteiger charge is 2.25. The summed E-state index contributed by atoms with van der Waals surface area (Å²) < 4.78 is 2.13. The van der Waals surface area contributed by atoms with E-state index in [0.29, 0.717) is 0 Å². The number of fused-ring (bicyclic) bond motifs is 5. The van der Waals surface area contributed by atoms with Gasteiger partial charge in [-0.2, -0.15) is 0 Å². The molecule has 24 heavy (non-hydrogen) atoms. The zero-order valence-electron chi connectivity index (χ0n) is 14.1. The zero-order valence-corrected chi connectivity index (χ0v) is 16.6. The fourth-order valence-electron chi connectivity index (χ4n) is 3.21. The molecule has 0 saturated carbocycles. The molecule has 0 spiro atoms. The number of thiophene rings is 1. The quantitative estimate of drug-likeness (QED) is 0.370. The van der Waals surface area contributed by atoms with Crippen molar-refractivity contribution in [3.63, 3.8) is 0 Å². The molecule has 3 heterocycles. The van der Waals surface area contributed by atoms with E-state index in [-0.39, 0.29) is 0 Å². The van der Waals surface area contributed by atoms with E-state index >= 15 is 0 Å². The van der Waals surface area contributed by atoms with Gasteiger partial charge in [0.2, 0.25) is 0 Å². The van der Waals surface area contributed by atoms with Crippen LogP contribution < -0.4 is 0 Å². The summed E-state index contributed by atoms with van der Waals surface area (Å²) in [7, 11) is 0. The minimum atomic E-state index is 0.765. The monoisotopic (exact) mass is 376 g/mol. The molecule has 1 aliphatic rings. The van der Waals surface area contributed by atoms with Crippen LogP contribution in [0, 0.1) is 5.92 Å². The molecular weight excluding hydrogens is 356 g/mol. The first-order valence-corrected chi connectivity index (χ1v) is 11.1. The molecule has 7 heteroatoms. The highest BCUT2D eigenvalue weighted by Crippen LogP contribution is 2.40. The molecular formula is C17H20N4S3. The average molecular weight is 377 g/mol. The second kappa shape index (κ2) is 6.35. The summed E-state index contributed by atoms with van der Waals surface area (Å²) in [5.41, 5.74) is 3.57. The van der Waals surface area contributed by atoms with Gasteiger partial charge in [-0.1, -0.05) is 42.6 Å². The van der Waals surface area contributed by atoms with Crippen LogP contribution in [0.15, 0.2) is 22.5 Å². The summed E-state index contributed by atoms with van der Waals surface area (Å²) in [6.07, 6.45) is 5.62. The minimum absolute atomic E-state index is 0.765. The van der Waals surface area contributed by atoms with Crippen LogP contribution in [0.5, 0.6) is 0 Å². The first-order chi connectivity index (χ1) is 11.6. The number of hydrogen-bond donors (Lipinski definition) is 0. The van der Waals surface area contributed by atoms with Gasteiger partial charge in [-0.3, -0.25) is 0 Å². The van der Waals surface area contributed by atoms with Crippen molar-refractivity contribution < 1.29 is 0 Å². The maximum Gasteiger partial charge on any atom is 0.198 e. The van der Waals surface area contributed by atoms with Gasteiger partial charge in [-0.15, -0.1) is 21.5 Å². The summed E-state index contributed by atoms with van der Waals surface area (Å²) in [4.78, 5) is 7.56. The molecule has 1 atom stereocenters. The van der Waals surface area contributed by atoms with E-state index in [2.05, 4.69) is 34.4 Å². The van der Waals surface area contributed by atoms with E-state index in [1.807, 2.05) is 18.3 Å². The molecule has 1 aliphatic carbocycles. The minimum Gasteiger partial charge on any atom is -0.248 e. The number of aromatic nitrogens is 4. The maximum absolute atomic E-state index is 4.94. The Kier molecular flexibility index (Phi) is 4.34. The molecule has 3 aromatic rings. The lowest BCUT2D eigenvalue weighted by atomic mass is 9.89. The predicted octanol–water partition coefficient (Wildman–Crippen LogP) is 4.85. The first-order valence-electron chi connectivity index (χ1n) is 8.09. The molecule has 3 aromatic heterocycles. The Balaban J connectivity index is 1.94. The number of nitrogens with zero attached hydrogens (tertiary/aromatic N) is 4. The Morgan fingerprint density at radius 2 is 2.21 bits per heavy atom. The predicted molar refractivity (Wildman–Crippen MR) is 105 cm³/mol. The summed E-state index contributed by atoms with van der Waals surface area (Å²) >= 11 is 5.19. The van der Waals surface area contributed by atoms with Crippen molar-refractivity contribution in [2.24, 2.45) is 5.92 Å². The normalized spacial score (nSPS) is 17.5. The van der Waals surface area contributed by atoms with Gasteiger partial charge in [-0.05, 0) is 43.9 Å². The summed E-state index contributed by atoms with van der Waals surface area (Å²) in [5.74, 6) is 1.62. The second-order valence-corrected chi connectivity index (χ2v) is 9.32. The number of rotatable bonds is 4. The van der Waals surface area contributed by atoms with Gasteiger partial charge < -0.3 is 0 Å². The van der Waals surface area contributed by atoms with Crippen LogP contribution in [0.4, 0.5) is 0 Å². The third-order valence-corrected chi connectivity index (χ3v) is 7.32. The van der Waals surface area contributed by atoms with Crippen molar-refractivity contribution >= 4 is 50.7 Å². The van der Waals surface area contributed by atoms with E-state index in [1.54, 1.807) is 23.5 Å². The van der Waals surface area contributed by atoms with Crippen LogP contribution >= 0.6 is 34.9 Å². The van der Waals surface area contributed by atoms with Crippen molar-refractivity contribution in [1.82, 2.24) is 19.6 Å². The van der Waals surface area contributed by atoms with E-state index in [4.69, 9.17) is 4.98 Å². The number of hydrogen-bond acceptors (Lipinski definition) is 6. The molecule has 126 valence electrons. The van der Waals surface area contributed by atoms with Gasteiger partial charge in [0.15, 0.2) is 16.0 Å². The molecule has 0 amide bonds. The van der Waals surface area contributed by atoms with E-state index in [0.717, 1.165) is 44.5 Å². The van der Waals surface area contributed by atoms with Crippen LogP contribution in [-0.2, 0) is 12.8 Å². The Labute approximate surface area is 154 Å². The lowest BCUT2D eigenvalue weighted by Crippen LogP contribution is -2.08. The topological polar surface area (TPSA) is 43.1 Å². The summed E-state index contributed by atoms with van der Waals surface area (Å²) in [6.45, 7) is 8.37. The van der Waals surface area contributed by atoms with Gasteiger partial charge in [0, 0.05) is 10.6 Å². The lowest BCUT2D eigenvalue weighted by molar-refractivity contribution is 0.509. The van der Waals surface area contributed by atoms with Crippen LogP contribution in [-0.4, -0.2) is 31.6 Å². The SMILES string of the molecule is C=C(C)CSc1nnc2c3c4c(sc3nc(SC)n12)C[C@H](C)CC4. The highest BCUT2D eigenvalue weighted by atomic mass is 32.2. The molecule has 0 saturated heterocycles. The number of thioether (sulfide) groups is 2. The number of aryl methyl sites for hydroxylation is 1. The summed E-state index contributed by atoms with van der Waals surface area (Å²) in [6, 6.07) is 0. The third-order valence-electron chi connectivity index (χ3n) is 4.37. The molecule has 0 N–H and O–H groups in total. The van der Waals surface area contributed by atoms with Crippen LogP contribution in [0.25, 0.3) is 15.9 Å². The molecule has 4 nitrogen and oxygen atoms in total. The Hall–Kier alpha value is -1.05. The van der Waals surface area contributed by atoms with Gasteiger partial charge in [0.1, 0.15) is 4.83 Å². The maximum atomic E-state index is 4.94. The van der Waals surface area contributed by atoms with Crippen molar-refractivity contribution in [3.05, 3.63) is 22.6 Å². The largest absolute Gasteiger partial charge is 0.248 e. The fraction of sp³-hybridized carbons (Fsp3) is 0.471. The third kappa shape index (κ3) is 2.66. The highest BCUT2D eigenvalue weighted by molar-refractivity contribution is 7.99. The van der Waals surface area contributed by atoms with E-state index in [1.165, 1.54) is 28.7 Å². The molecule has 0 radical (unpaired) electrons. The van der Waals surface area contributed by atoms with E-state index in [9.17, 15) is 0 Å². The van der Waals surface area contributed by atoms with E-state index < -0.39 is 0 Å². The van der Waals surface area contributed by atoms with Gasteiger partial charge >= 0.3 is 0 Å². The molecule has 0 aromatic carbocycles. The van der Waals surface area contributed by atoms with Crippen LogP contribution in [0.3, 0.4) is 0 Å². The van der Waals surface area contributed by atoms with Crippen molar-refractivity contribution in [3.8, 4) is 0 Å². The summed E-state index contributed by atoms with van der Waals surface area (Å²) in [5, 5.41) is 12.1. The van der Waals surface area contributed by atoms with Crippen LogP contribution in [0.1, 0.15) is 30.7 Å². The van der Waals surface area contributed by atoms with Crippen molar-refractivity contribution in [2.45, 2.75) is 43.4 Å². The molecule has 4 rings (SSSR count). The standard InChI is InChI=1S/C17H20N4S3/c1-9(2)8-23-17-20-19-14-13-11-6-5-10(3)7-12(11)24-15(13)18-16(22-4)21(14)17/h10H,1,5-8H2,2-4H3/t10-/m1/s1. The lowest BCUT2D eigenvalue weighted by Gasteiger charge is -2.17.